The summed E-state index contributed by atoms with van der Waals surface area (Å²) in [6.45, 7) is 0.782. The minimum absolute atomic E-state index is 0.364. The first-order valence-electron chi connectivity index (χ1n) is 7.97. The molecule has 1 atom stereocenters. The van der Waals surface area contributed by atoms with Gasteiger partial charge in [0.15, 0.2) is 5.11 Å². The molecule has 5 heteroatoms. The molecule has 0 spiro atoms. The fourth-order valence-electron chi connectivity index (χ4n) is 2.38. The van der Waals surface area contributed by atoms with Crippen LogP contribution in [0.1, 0.15) is 5.56 Å². The van der Waals surface area contributed by atoms with Crippen LogP contribution in [0.5, 0.6) is 5.75 Å². The van der Waals surface area contributed by atoms with Gasteiger partial charge in [0.2, 0.25) is 0 Å². The normalized spacial score (nSPS) is 11.8. The average Bonchev–Trinajstić information content (AvgIpc) is 2.60. The zero-order valence-corrected chi connectivity index (χ0v) is 15.3. The molecule has 0 saturated carbocycles. The average molecular weight is 343 g/mol. The lowest BCUT2D eigenvalue weighted by Gasteiger charge is -2.25. The van der Waals surface area contributed by atoms with Crippen LogP contribution in [0.3, 0.4) is 0 Å². The number of anilines is 1. The standard InChI is InChI=1S/C19H25N3OS/c1-22(2)17(13-15-7-5-4-6-8-15)14-20-19(24)21-16-9-11-18(23-3)12-10-16/h4-12,17H,13-14H2,1-3H3,(H2,20,21,24)/t17-/m1/s1. The zero-order chi connectivity index (χ0) is 17.4. The fourth-order valence-corrected chi connectivity index (χ4v) is 2.58. The summed E-state index contributed by atoms with van der Waals surface area (Å²) < 4.78 is 5.15. The SMILES string of the molecule is COc1ccc(NC(=S)NC[C@@H](Cc2ccccc2)N(C)C)cc1. The third-order valence-electron chi connectivity index (χ3n) is 3.89. The van der Waals surface area contributed by atoms with Crippen molar-refractivity contribution in [2.75, 3.05) is 33.1 Å². The van der Waals surface area contributed by atoms with Gasteiger partial charge in [-0.25, -0.2) is 0 Å². The Morgan fingerprint density at radius 1 is 1.08 bits per heavy atom. The maximum absolute atomic E-state index is 5.39. The summed E-state index contributed by atoms with van der Waals surface area (Å²) in [5.74, 6) is 0.829. The highest BCUT2D eigenvalue weighted by molar-refractivity contribution is 7.80. The van der Waals surface area contributed by atoms with Gasteiger partial charge in [0.1, 0.15) is 5.75 Å². The van der Waals surface area contributed by atoms with Gasteiger partial charge in [-0.2, -0.15) is 0 Å². The summed E-state index contributed by atoms with van der Waals surface area (Å²) in [6.07, 6.45) is 0.978. The Morgan fingerprint density at radius 2 is 1.75 bits per heavy atom. The van der Waals surface area contributed by atoms with E-state index in [2.05, 4.69) is 53.9 Å². The van der Waals surface area contributed by atoms with Gasteiger partial charge in [0, 0.05) is 18.3 Å². The van der Waals surface area contributed by atoms with Crippen LogP contribution in [0.2, 0.25) is 0 Å². The molecule has 0 fully saturated rings. The van der Waals surface area contributed by atoms with Crippen molar-refractivity contribution in [1.82, 2.24) is 10.2 Å². The minimum atomic E-state index is 0.364. The van der Waals surface area contributed by atoms with Crippen LogP contribution in [0.4, 0.5) is 5.69 Å². The molecule has 0 saturated heterocycles. The second-order valence-electron chi connectivity index (χ2n) is 5.87. The molecular weight excluding hydrogens is 318 g/mol. The first kappa shape index (κ1) is 18.2. The van der Waals surface area contributed by atoms with Gasteiger partial charge in [-0.05, 0) is 62.6 Å². The zero-order valence-electron chi connectivity index (χ0n) is 14.5. The summed E-state index contributed by atoms with van der Waals surface area (Å²) in [7, 11) is 5.84. The van der Waals surface area contributed by atoms with E-state index in [1.165, 1.54) is 5.56 Å². The number of ether oxygens (including phenoxy) is 1. The first-order valence-corrected chi connectivity index (χ1v) is 8.38. The molecule has 0 aliphatic heterocycles. The summed E-state index contributed by atoms with van der Waals surface area (Å²) >= 11 is 5.39. The molecule has 0 radical (unpaired) electrons. The highest BCUT2D eigenvalue weighted by Crippen LogP contribution is 2.14. The van der Waals surface area contributed by atoms with Crippen LogP contribution in [0.15, 0.2) is 54.6 Å². The summed E-state index contributed by atoms with van der Waals surface area (Å²) in [5, 5.41) is 7.13. The molecule has 0 heterocycles. The van der Waals surface area contributed by atoms with Crippen molar-refractivity contribution in [3.63, 3.8) is 0 Å². The minimum Gasteiger partial charge on any atom is -0.497 e. The number of nitrogens with zero attached hydrogens (tertiary/aromatic N) is 1. The molecule has 0 amide bonds. The largest absolute Gasteiger partial charge is 0.497 e. The van der Waals surface area contributed by atoms with E-state index in [4.69, 9.17) is 17.0 Å². The number of methoxy groups -OCH3 is 1. The molecule has 2 aromatic rings. The molecule has 0 aromatic heterocycles. The highest BCUT2D eigenvalue weighted by Gasteiger charge is 2.12. The number of nitrogens with one attached hydrogen (secondary N) is 2. The van der Waals surface area contributed by atoms with E-state index in [-0.39, 0.29) is 0 Å². The second kappa shape index (κ2) is 9.25. The Labute approximate surface area is 149 Å². The van der Waals surface area contributed by atoms with Gasteiger partial charge in [0.05, 0.1) is 7.11 Å². The number of likely N-dealkylation sites (N-methyl/N-ethyl adjacent to an activating group) is 1. The smallest absolute Gasteiger partial charge is 0.170 e. The van der Waals surface area contributed by atoms with Gasteiger partial charge in [-0.1, -0.05) is 30.3 Å². The van der Waals surface area contributed by atoms with Crippen molar-refractivity contribution >= 4 is 23.0 Å². The quantitative estimate of drug-likeness (QED) is 0.755. The number of rotatable bonds is 7. The molecule has 2 rings (SSSR count). The number of thiocarbonyl (C=S) groups is 1. The maximum Gasteiger partial charge on any atom is 0.170 e. The number of benzene rings is 2. The van der Waals surface area contributed by atoms with Crippen molar-refractivity contribution in [3.05, 3.63) is 60.2 Å². The van der Waals surface area contributed by atoms with Gasteiger partial charge < -0.3 is 20.3 Å². The second-order valence-corrected chi connectivity index (χ2v) is 6.28. The lowest BCUT2D eigenvalue weighted by Crippen LogP contribution is -2.42. The van der Waals surface area contributed by atoms with Crippen LogP contribution in [-0.2, 0) is 6.42 Å². The van der Waals surface area contributed by atoms with E-state index in [9.17, 15) is 0 Å². The van der Waals surface area contributed by atoms with Crippen LogP contribution in [-0.4, -0.2) is 43.8 Å². The van der Waals surface area contributed by atoms with Gasteiger partial charge >= 0.3 is 0 Å². The molecule has 0 unspecified atom stereocenters. The predicted molar refractivity (Wildman–Crippen MR) is 105 cm³/mol. The lowest BCUT2D eigenvalue weighted by molar-refractivity contribution is 0.291. The summed E-state index contributed by atoms with van der Waals surface area (Å²) in [6, 6.07) is 18.6. The van der Waals surface area contributed by atoms with Crippen molar-refractivity contribution in [2.24, 2.45) is 0 Å². The molecule has 0 aliphatic rings. The molecular formula is C19H25N3OS. The Balaban J connectivity index is 1.85. The number of hydrogen-bond acceptors (Lipinski definition) is 3. The summed E-state index contributed by atoms with van der Waals surface area (Å²) in [5.41, 5.74) is 2.27. The van der Waals surface area contributed by atoms with E-state index in [0.717, 1.165) is 24.4 Å². The van der Waals surface area contributed by atoms with Crippen LogP contribution < -0.4 is 15.4 Å². The molecule has 128 valence electrons. The fraction of sp³-hybridized carbons (Fsp3) is 0.316. The third-order valence-corrected chi connectivity index (χ3v) is 4.14. The van der Waals surface area contributed by atoms with Gasteiger partial charge in [0.25, 0.3) is 0 Å². The van der Waals surface area contributed by atoms with Crippen molar-refractivity contribution in [3.8, 4) is 5.75 Å². The third kappa shape index (κ3) is 5.83. The van der Waals surface area contributed by atoms with Gasteiger partial charge in [-0.15, -0.1) is 0 Å². The lowest BCUT2D eigenvalue weighted by atomic mass is 10.1. The van der Waals surface area contributed by atoms with Crippen molar-refractivity contribution < 1.29 is 4.74 Å². The maximum atomic E-state index is 5.39. The van der Waals surface area contributed by atoms with E-state index >= 15 is 0 Å². The number of hydrogen-bond donors (Lipinski definition) is 2. The Morgan fingerprint density at radius 3 is 2.33 bits per heavy atom. The van der Waals surface area contributed by atoms with E-state index in [0.29, 0.717) is 11.2 Å². The monoisotopic (exact) mass is 343 g/mol. The van der Waals surface area contributed by atoms with Crippen LogP contribution >= 0.6 is 12.2 Å². The molecule has 4 nitrogen and oxygen atoms in total. The van der Waals surface area contributed by atoms with E-state index < -0.39 is 0 Å². The van der Waals surface area contributed by atoms with Gasteiger partial charge in [-0.3, -0.25) is 0 Å². The summed E-state index contributed by atoms with van der Waals surface area (Å²) in [4.78, 5) is 2.22. The Hall–Kier alpha value is -2.11. The Bertz CT molecular complexity index is 629. The van der Waals surface area contributed by atoms with Crippen LogP contribution in [0.25, 0.3) is 0 Å². The van der Waals surface area contributed by atoms with Crippen molar-refractivity contribution in [1.29, 1.82) is 0 Å². The van der Waals surface area contributed by atoms with E-state index in [1.807, 2.05) is 30.3 Å². The molecule has 0 bridgehead atoms. The highest BCUT2D eigenvalue weighted by atomic mass is 32.1. The van der Waals surface area contributed by atoms with Crippen molar-refractivity contribution in [2.45, 2.75) is 12.5 Å². The Kier molecular flexibility index (Phi) is 7.03. The molecule has 0 aliphatic carbocycles. The topological polar surface area (TPSA) is 36.5 Å². The molecule has 24 heavy (non-hydrogen) atoms. The predicted octanol–water partition coefficient (Wildman–Crippen LogP) is 3.15. The van der Waals surface area contributed by atoms with E-state index in [1.54, 1.807) is 7.11 Å². The first-order chi connectivity index (χ1) is 11.6. The molecule has 2 aromatic carbocycles. The molecule has 2 N–H and O–H groups in total. The van der Waals surface area contributed by atoms with Crippen LogP contribution in [0, 0.1) is 0 Å².